The van der Waals surface area contributed by atoms with Crippen molar-refractivity contribution in [2.24, 2.45) is 17.8 Å². The van der Waals surface area contributed by atoms with E-state index in [9.17, 15) is 33.5 Å². The van der Waals surface area contributed by atoms with Gasteiger partial charge in [-0.25, -0.2) is 4.39 Å². The molecule has 0 radical (unpaired) electrons. The van der Waals surface area contributed by atoms with Crippen LogP contribution in [0.1, 0.15) is 61.9 Å². The highest BCUT2D eigenvalue weighted by Crippen LogP contribution is 2.46. The van der Waals surface area contributed by atoms with Crippen molar-refractivity contribution >= 4 is 35.5 Å². The van der Waals surface area contributed by atoms with Gasteiger partial charge in [0.25, 0.3) is 0 Å². The molecule has 2 saturated heterocycles. The van der Waals surface area contributed by atoms with E-state index in [0.29, 0.717) is 18.4 Å². The lowest BCUT2D eigenvalue weighted by molar-refractivity contribution is -0.220. The van der Waals surface area contributed by atoms with Crippen molar-refractivity contribution in [1.82, 2.24) is 0 Å². The Bertz CT molecular complexity index is 1740. The first kappa shape index (κ1) is 38.1. The zero-order valence-corrected chi connectivity index (χ0v) is 29.7. The topological polar surface area (TPSA) is 146 Å². The summed E-state index contributed by atoms with van der Waals surface area (Å²) in [5, 5.41) is 10.4. The summed E-state index contributed by atoms with van der Waals surface area (Å²) in [5.41, 5.74) is 4.43. The van der Waals surface area contributed by atoms with Crippen LogP contribution in [0.25, 0.3) is 0 Å². The highest BCUT2D eigenvalue weighted by molar-refractivity contribution is 6.03. The second-order valence-electron chi connectivity index (χ2n) is 13.5. The lowest BCUT2D eigenvalue weighted by atomic mass is 9.77. The fourth-order valence-corrected chi connectivity index (χ4v) is 7.16. The average molecular weight is 718 g/mol. The molecule has 0 bridgehead atoms. The summed E-state index contributed by atoms with van der Waals surface area (Å²) < 4.78 is 35.4. The third-order valence-corrected chi connectivity index (χ3v) is 9.70. The highest BCUT2D eigenvalue weighted by atomic mass is 19.1. The molecule has 7 atom stereocenters. The normalized spacial score (nSPS) is 23.2. The van der Waals surface area contributed by atoms with Gasteiger partial charge in [-0.15, -0.1) is 0 Å². The molecule has 5 rings (SSSR count). The van der Waals surface area contributed by atoms with Crippen molar-refractivity contribution in [1.29, 1.82) is 0 Å². The van der Waals surface area contributed by atoms with Gasteiger partial charge in [0, 0.05) is 32.4 Å². The molecule has 2 fully saturated rings. The molecule has 0 aliphatic carbocycles. The Balaban J connectivity index is 1.36. The molecule has 12 heteroatoms. The van der Waals surface area contributed by atoms with E-state index in [1.165, 1.54) is 32.9 Å². The molecule has 0 saturated carbocycles. The summed E-state index contributed by atoms with van der Waals surface area (Å²) in [7, 11) is 0. The SMILES string of the molecule is CC(=O)OC[C@H]1OC[C@H]([C@@H](Cc2ccc([C@@H]3[C@H](CCCc4ccc(F)cc4)C(=O)N3c3ccc(C)cc3)cc2)C(=O)O)[C@@H](OC(C)=O)[C@H]1OC(C)=O. The molecule has 1 amide bonds. The third kappa shape index (κ3) is 9.22. The van der Waals surface area contributed by atoms with Crippen molar-refractivity contribution in [2.45, 2.75) is 77.7 Å². The predicted octanol–water partition coefficient (Wildman–Crippen LogP) is 5.55. The summed E-state index contributed by atoms with van der Waals surface area (Å²) in [4.78, 5) is 63.9. The van der Waals surface area contributed by atoms with E-state index in [-0.39, 0.29) is 43.3 Å². The quantitative estimate of drug-likeness (QED) is 0.128. The van der Waals surface area contributed by atoms with Crippen LogP contribution in [-0.2, 0) is 55.8 Å². The van der Waals surface area contributed by atoms with Gasteiger partial charge in [-0.2, -0.15) is 0 Å². The maximum atomic E-state index is 13.6. The largest absolute Gasteiger partial charge is 0.481 e. The first-order valence-corrected chi connectivity index (χ1v) is 17.4. The zero-order chi connectivity index (χ0) is 37.5. The van der Waals surface area contributed by atoms with E-state index >= 15 is 0 Å². The number of hydrogen-bond acceptors (Lipinski definition) is 9. The van der Waals surface area contributed by atoms with Crippen LogP contribution in [-0.4, -0.2) is 66.4 Å². The van der Waals surface area contributed by atoms with Crippen LogP contribution in [0.2, 0.25) is 0 Å². The molecule has 11 nitrogen and oxygen atoms in total. The lowest BCUT2D eigenvalue weighted by Gasteiger charge is -2.48. The summed E-state index contributed by atoms with van der Waals surface area (Å²) in [5.74, 6) is -5.73. The van der Waals surface area contributed by atoms with Crippen molar-refractivity contribution in [3.05, 3.63) is 101 Å². The number of carboxylic acid groups (broad SMARTS) is 1. The number of anilines is 1. The maximum Gasteiger partial charge on any atom is 0.307 e. The van der Waals surface area contributed by atoms with Gasteiger partial charge < -0.3 is 29.0 Å². The van der Waals surface area contributed by atoms with Gasteiger partial charge >= 0.3 is 23.9 Å². The monoisotopic (exact) mass is 717 g/mol. The molecule has 0 aromatic heterocycles. The van der Waals surface area contributed by atoms with Crippen molar-refractivity contribution in [2.75, 3.05) is 18.1 Å². The predicted molar refractivity (Wildman–Crippen MR) is 186 cm³/mol. The number of aryl methyl sites for hydroxylation is 2. The molecule has 0 unspecified atom stereocenters. The van der Waals surface area contributed by atoms with Crippen molar-refractivity contribution in [3.63, 3.8) is 0 Å². The first-order chi connectivity index (χ1) is 24.8. The van der Waals surface area contributed by atoms with Crippen molar-refractivity contribution in [3.8, 4) is 0 Å². The molecule has 52 heavy (non-hydrogen) atoms. The number of carboxylic acids is 1. The number of aliphatic carboxylic acids is 1. The minimum atomic E-state index is -1.22. The second kappa shape index (κ2) is 16.9. The maximum absolute atomic E-state index is 13.6. The van der Waals surface area contributed by atoms with E-state index in [2.05, 4.69) is 0 Å². The van der Waals surface area contributed by atoms with Gasteiger partial charge in [0.05, 0.1) is 24.5 Å². The van der Waals surface area contributed by atoms with E-state index in [1.54, 1.807) is 17.0 Å². The van der Waals surface area contributed by atoms with E-state index in [0.717, 1.165) is 28.8 Å². The number of esters is 3. The van der Waals surface area contributed by atoms with Crippen molar-refractivity contribution < 1.29 is 52.4 Å². The van der Waals surface area contributed by atoms with E-state index in [4.69, 9.17) is 18.9 Å². The summed E-state index contributed by atoms with van der Waals surface area (Å²) in [6.45, 7) is 5.08. The Morgan fingerprint density at radius 3 is 2.08 bits per heavy atom. The van der Waals surface area contributed by atoms with Crippen LogP contribution < -0.4 is 4.90 Å². The lowest BCUT2D eigenvalue weighted by Crippen LogP contribution is -2.58. The van der Waals surface area contributed by atoms with Crippen LogP contribution >= 0.6 is 0 Å². The molecule has 2 heterocycles. The van der Waals surface area contributed by atoms with Gasteiger partial charge in [0.2, 0.25) is 5.91 Å². The number of ether oxygens (including phenoxy) is 4. The fraction of sp³-hybridized carbons (Fsp3) is 0.425. The fourth-order valence-electron chi connectivity index (χ4n) is 7.16. The summed E-state index contributed by atoms with van der Waals surface area (Å²) >= 11 is 0. The Morgan fingerprint density at radius 1 is 0.865 bits per heavy atom. The van der Waals surface area contributed by atoms with Gasteiger partial charge in [-0.1, -0.05) is 54.1 Å². The molecule has 1 N–H and O–H groups in total. The Kier molecular flexibility index (Phi) is 12.4. The van der Waals surface area contributed by atoms with Crippen LogP contribution in [0.15, 0.2) is 72.8 Å². The number of benzene rings is 3. The standard InChI is InChI=1S/C40H44FNO10/c1-23-8-18-31(19-9-23)42-36(32(39(42)46)7-5-6-27-12-16-30(41)17-13-27)29-14-10-28(11-15-29)20-33(40(47)48)34-21-50-35(22-49-24(2)43)38(52-26(4)45)37(34)51-25(3)44/h8-19,32-38H,5-7,20-22H2,1-4H3,(H,47,48)/t32-,33+,34+,35+,36+,37+,38-/m0/s1. The highest BCUT2D eigenvalue weighted by Gasteiger charge is 2.50. The van der Waals surface area contributed by atoms with Gasteiger partial charge in [-0.05, 0) is 73.6 Å². The van der Waals surface area contributed by atoms with E-state index < -0.39 is 54.0 Å². The van der Waals surface area contributed by atoms with Crippen LogP contribution in [0.5, 0.6) is 0 Å². The molecular formula is C40H44FNO10. The third-order valence-electron chi connectivity index (χ3n) is 9.70. The minimum Gasteiger partial charge on any atom is -0.481 e. The summed E-state index contributed by atoms with van der Waals surface area (Å²) in [6.07, 6.45) is -1.26. The number of β-lactam (4-membered cyclic amide) rings is 1. The minimum absolute atomic E-state index is 0.0196. The van der Waals surface area contributed by atoms with E-state index in [1.807, 2.05) is 55.5 Å². The molecular weight excluding hydrogens is 673 g/mol. The number of nitrogens with zero attached hydrogens (tertiary/aromatic N) is 1. The second-order valence-corrected chi connectivity index (χ2v) is 13.5. The molecule has 3 aromatic carbocycles. The number of carbonyl (C=O) groups is 5. The zero-order valence-electron chi connectivity index (χ0n) is 29.7. The molecule has 276 valence electrons. The Morgan fingerprint density at radius 2 is 1.48 bits per heavy atom. The van der Waals surface area contributed by atoms with Gasteiger partial charge in [0.1, 0.15) is 24.6 Å². The van der Waals surface area contributed by atoms with Gasteiger partial charge in [-0.3, -0.25) is 24.0 Å². The molecule has 3 aromatic rings. The first-order valence-electron chi connectivity index (χ1n) is 17.4. The van der Waals surface area contributed by atoms with Crippen LogP contribution in [0.4, 0.5) is 10.1 Å². The molecule has 2 aliphatic rings. The Hall–Kier alpha value is -5.10. The number of rotatable bonds is 14. The molecule has 0 spiro atoms. The number of carbonyl (C=O) groups excluding carboxylic acids is 4. The smallest absolute Gasteiger partial charge is 0.307 e. The average Bonchev–Trinajstić information content (AvgIpc) is 3.09. The number of amides is 1. The number of halogens is 1. The number of hydrogen-bond donors (Lipinski definition) is 1. The summed E-state index contributed by atoms with van der Waals surface area (Å²) in [6, 6.07) is 21.3. The van der Waals surface area contributed by atoms with Crippen LogP contribution in [0, 0.1) is 30.5 Å². The van der Waals surface area contributed by atoms with Crippen LogP contribution in [0.3, 0.4) is 0 Å². The van der Waals surface area contributed by atoms with Gasteiger partial charge in [0.15, 0.2) is 6.10 Å². The molecule has 2 aliphatic heterocycles. The Labute approximate surface area is 302 Å².